The number of ether oxygens (including phenoxy) is 1. The Morgan fingerprint density at radius 1 is 1.27 bits per heavy atom. The highest BCUT2D eigenvalue weighted by molar-refractivity contribution is 9.10. The average Bonchev–Trinajstić information content (AvgIpc) is 2.94. The smallest absolute Gasteiger partial charge is 0.264 e. The maximum Gasteiger partial charge on any atom is 0.264 e. The number of carbonyl (C=O) groups excluding carboxylic acids is 1. The van der Waals surface area contributed by atoms with Crippen LogP contribution in [0.3, 0.4) is 0 Å². The molecule has 0 unspecified atom stereocenters. The van der Waals surface area contributed by atoms with Crippen LogP contribution in [0, 0.1) is 0 Å². The van der Waals surface area contributed by atoms with E-state index in [-0.39, 0.29) is 11.7 Å². The number of benzene rings is 2. The van der Waals surface area contributed by atoms with Gasteiger partial charge in [0.25, 0.3) is 5.91 Å². The van der Waals surface area contributed by atoms with E-state index in [9.17, 15) is 9.90 Å². The zero-order valence-electron chi connectivity index (χ0n) is 13.6. The summed E-state index contributed by atoms with van der Waals surface area (Å²) in [6.07, 6.45) is 1.73. The van der Waals surface area contributed by atoms with E-state index >= 15 is 0 Å². The maximum absolute atomic E-state index is 12.2. The summed E-state index contributed by atoms with van der Waals surface area (Å²) in [5.41, 5.74) is 1.49. The third-order valence-electron chi connectivity index (χ3n) is 3.36. The molecule has 5 nitrogen and oxygen atoms in total. The van der Waals surface area contributed by atoms with E-state index in [2.05, 4.69) is 42.2 Å². The van der Waals surface area contributed by atoms with E-state index < -0.39 is 0 Å². The van der Waals surface area contributed by atoms with Gasteiger partial charge in [-0.25, -0.2) is 4.99 Å². The Morgan fingerprint density at radius 3 is 2.69 bits per heavy atom. The molecule has 0 bridgehead atoms. The van der Waals surface area contributed by atoms with E-state index in [1.54, 1.807) is 18.2 Å². The van der Waals surface area contributed by atoms with Crippen molar-refractivity contribution in [1.82, 2.24) is 5.32 Å². The SMILES string of the molecule is CCOc1cc(C=C2SC(=Nc3ccc(Br)cc3)NC2=O)cc(Br)c1O. The molecule has 1 heterocycles. The van der Waals surface area contributed by atoms with Crippen LogP contribution in [0.5, 0.6) is 11.5 Å². The fourth-order valence-electron chi connectivity index (χ4n) is 2.21. The monoisotopic (exact) mass is 496 g/mol. The Bertz CT molecular complexity index is 911. The third-order valence-corrected chi connectivity index (χ3v) is 5.40. The maximum atomic E-state index is 12.2. The van der Waals surface area contributed by atoms with Gasteiger partial charge in [0.2, 0.25) is 0 Å². The average molecular weight is 498 g/mol. The van der Waals surface area contributed by atoms with Crippen molar-refractivity contribution in [2.24, 2.45) is 4.99 Å². The number of thioether (sulfide) groups is 1. The molecule has 0 aliphatic carbocycles. The molecule has 26 heavy (non-hydrogen) atoms. The number of nitrogens with zero attached hydrogens (tertiary/aromatic N) is 1. The van der Waals surface area contributed by atoms with Gasteiger partial charge < -0.3 is 15.2 Å². The Morgan fingerprint density at radius 2 is 2.00 bits per heavy atom. The van der Waals surface area contributed by atoms with Crippen LogP contribution in [0.1, 0.15) is 12.5 Å². The lowest BCUT2D eigenvalue weighted by Crippen LogP contribution is -2.19. The molecule has 0 spiro atoms. The second-order valence-corrected chi connectivity index (χ2v) is 8.04. The van der Waals surface area contributed by atoms with E-state index in [4.69, 9.17) is 4.74 Å². The molecule has 3 rings (SSSR count). The fraction of sp³-hybridized carbons (Fsp3) is 0.111. The molecular weight excluding hydrogens is 484 g/mol. The van der Waals surface area contributed by atoms with Crippen molar-refractivity contribution in [2.45, 2.75) is 6.92 Å². The zero-order chi connectivity index (χ0) is 18.7. The number of phenolic OH excluding ortho intramolecular Hbond substituents is 1. The Labute approximate surface area is 171 Å². The van der Waals surface area contributed by atoms with Crippen LogP contribution in [0.25, 0.3) is 6.08 Å². The first kappa shape index (κ1) is 19.0. The quantitative estimate of drug-likeness (QED) is 0.569. The molecule has 1 saturated heterocycles. The van der Waals surface area contributed by atoms with Crippen molar-refractivity contribution in [1.29, 1.82) is 0 Å². The molecule has 1 amide bonds. The number of phenols is 1. The highest BCUT2D eigenvalue weighted by Crippen LogP contribution is 2.37. The van der Waals surface area contributed by atoms with E-state index in [0.717, 1.165) is 15.7 Å². The molecule has 0 atom stereocenters. The van der Waals surface area contributed by atoms with Crippen molar-refractivity contribution >= 4 is 66.5 Å². The minimum absolute atomic E-state index is 0.0371. The Balaban J connectivity index is 1.86. The first-order chi connectivity index (χ1) is 12.5. The number of carbonyl (C=O) groups is 1. The summed E-state index contributed by atoms with van der Waals surface area (Å²) in [4.78, 5) is 17.2. The lowest BCUT2D eigenvalue weighted by molar-refractivity contribution is -0.115. The summed E-state index contributed by atoms with van der Waals surface area (Å²) >= 11 is 7.94. The first-order valence-electron chi connectivity index (χ1n) is 7.66. The summed E-state index contributed by atoms with van der Waals surface area (Å²) in [5, 5.41) is 13.3. The molecule has 2 aromatic carbocycles. The fourth-order valence-corrected chi connectivity index (χ4v) is 3.77. The highest BCUT2D eigenvalue weighted by Gasteiger charge is 2.24. The number of aliphatic imine (C=N–C) groups is 1. The first-order valence-corrected chi connectivity index (χ1v) is 10.1. The molecule has 2 N–H and O–H groups in total. The van der Waals surface area contributed by atoms with Crippen LogP contribution in [-0.4, -0.2) is 22.8 Å². The molecular formula is C18H14Br2N2O3S. The standard InChI is InChI=1S/C18H14Br2N2O3S/c1-2-25-14-8-10(7-13(20)16(14)23)9-15-17(24)22-18(26-15)21-12-5-3-11(19)4-6-12/h3-9,23H,2H2,1H3,(H,21,22,24). The third kappa shape index (κ3) is 4.49. The Hall–Kier alpha value is -1.77. The normalized spacial score (nSPS) is 17.0. The summed E-state index contributed by atoms with van der Waals surface area (Å²) in [5.74, 6) is 0.184. The second kappa shape index (κ2) is 8.28. The van der Waals surface area contributed by atoms with Gasteiger partial charge in [0.05, 0.1) is 21.7 Å². The summed E-state index contributed by atoms with van der Waals surface area (Å²) in [7, 11) is 0. The van der Waals surface area contributed by atoms with Crippen LogP contribution >= 0.6 is 43.6 Å². The van der Waals surface area contributed by atoms with Crippen molar-refractivity contribution in [3.05, 3.63) is 55.8 Å². The van der Waals surface area contributed by atoms with Crippen LogP contribution < -0.4 is 10.1 Å². The number of amides is 1. The van der Waals surface area contributed by atoms with Gasteiger partial charge in [0.15, 0.2) is 16.7 Å². The van der Waals surface area contributed by atoms with Crippen molar-refractivity contribution in [2.75, 3.05) is 6.61 Å². The summed E-state index contributed by atoms with van der Waals surface area (Å²) in [6.45, 7) is 2.27. The van der Waals surface area contributed by atoms with Crippen LogP contribution in [-0.2, 0) is 4.79 Å². The van der Waals surface area contributed by atoms with Crippen LogP contribution in [0.4, 0.5) is 5.69 Å². The lowest BCUT2D eigenvalue weighted by Gasteiger charge is -2.08. The van der Waals surface area contributed by atoms with Gasteiger partial charge in [0, 0.05) is 4.47 Å². The predicted octanol–water partition coefficient (Wildman–Crippen LogP) is 5.21. The number of amidine groups is 1. The molecule has 2 aromatic rings. The van der Waals surface area contributed by atoms with Crippen LogP contribution in [0.15, 0.2) is 55.2 Å². The lowest BCUT2D eigenvalue weighted by atomic mass is 10.2. The number of hydrogen-bond acceptors (Lipinski definition) is 5. The molecule has 0 aromatic heterocycles. The molecule has 134 valence electrons. The van der Waals surface area contributed by atoms with E-state index in [1.165, 1.54) is 11.8 Å². The van der Waals surface area contributed by atoms with Crippen LogP contribution in [0.2, 0.25) is 0 Å². The van der Waals surface area contributed by atoms with Gasteiger partial charge in [-0.2, -0.15) is 0 Å². The van der Waals surface area contributed by atoms with Gasteiger partial charge in [0.1, 0.15) is 0 Å². The predicted molar refractivity (Wildman–Crippen MR) is 112 cm³/mol. The minimum atomic E-state index is -0.215. The van der Waals surface area contributed by atoms with Gasteiger partial charge in [-0.3, -0.25) is 4.79 Å². The van der Waals surface area contributed by atoms with E-state index in [0.29, 0.717) is 26.9 Å². The number of nitrogens with one attached hydrogen (secondary N) is 1. The van der Waals surface area contributed by atoms with Gasteiger partial charge in [-0.1, -0.05) is 15.9 Å². The molecule has 1 fully saturated rings. The van der Waals surface area contributed by atoms with Crippen molar-refractivity contribution in [3.63, 3.8) is 0 Å². The molecule has 1 aliphatic rings. The summed E-state index contributed by atoms with van der Waals surface area (Å²) < 4.78 is 6.88. The number of aromatic hydroxyl groups is 1. The second-order valence-electron chi connectivity index (χ2n) is 5.24. The highest BCUT2D eigenvalue weighted by atomic mass is 79.9. The number of rotatable bonds is 4. The zero-order valence-corrected chi connectivity index (χ0v) is 17.6. The topological polar surface area (TPSA) is 70.9 Å². The number of hydrogen-bond donors (Lipinski definition) is 2. The van der Waals surface area contributed by atoms with E-state index in [1.807, 2.05) is 31.2 Å². The van der Waals surface area contributed by atoms with Crippen molar-refractivity contribution < 1.29 is 14.6 Å². The van der Waals surface area contributed by atoms with Crippen molar-refractivity contribution in [3.8, 4) is 11.5 Å². The minimum Gasteiger partial charge on any atom is -0.503 e. The molecule has 0 radical (unpaired) electrons. The summed E-state index contributed by atoms with van der Waals surface area (Å²) in [6, 6.07) is 10.9. The molecule has 0 saturated carbocycles. The molecule has 8 heteroatoms. The van der Waals surface area contributed by atoms with Gasteiger partial charge >= 0.3 is 0 Å². The Kier molecular flexibility index (Phi) is 6.05. The van der Waals surface area contributed by atoms with Gasteiger partial charge in [-0.15, -0.1) is 0 Å². The molecule has 1 aliphatic heterocycles. The number of halogens is 2. The largest absolute Gasteiger partial charge is 0.503 e. The van der Waals surface area contributed by atoms with Gasteiger partial charge in [-0.05, 0) is 82.7 Å².